The molecule has 15 heavy (non-hydrogen) atoms. The second kappa shape index (κ2) is 4.67. The molecule has 1 aromatic rings. The first-order chi connectivity index (χ1) is 7.33. The predicted molar refractivity (Wildman–Crippen MR) is 62.1 cm³/mol. The van der Waals surface area contributed by atoms with E-state index in [1.807, 2.05) is 12.1 Å². The molecule has 1 aliphatic rings. The van der Waals surface area contributed by atoms with Crippen molar-refractivity contribution in [2.45, 2.75) is 19.9 Å². The Morgan fingerprint density at radius 2 is 2.07 bits per heavy atom. The van der Waals surface area contributed by atoms with Crippen LogP contribution in [-0.2, 0) is 6.54 Å². The zero-order chi connectivity index (χ0) is 10.7. The second-order valence-electron chi connectivity index (χ2n) is 4.28. The van der Waals surface area contributed by atoms with Gasteiger partial charge in [-0.1, -0.05) is 31.5 Å². The lowest BCUT2D eigenvalue weighted by atomic mass is 9.96. The molecule has 1 heterocycles. The highest BCUT2D eigenvalue weighted by molar-refractivity contribution is 5.33. The normalized spacial score (nSPS) is 17.5. The number of nitrogens with zero attached hydrogens (tertiary/aromatic N) is 1. The highest BCUT2D eigenvalue weighted by atomic mass is 16.5. The highest BCUT2D eigenvalue weighted by Crippen LogP contribution is 2.25. The Balaban J connectivity index is 1.94. The Morgan fingerprint density at radius 1 is 1.33 bits per heavy atom. The molecule has 0 saturated carbocycles. The fraction of sp³-hybridized carbons (Fsp3) is 0.538. The maximum Gasteiger partial charge on any atom is 0.123 e. The molecule has 1 aromatic carbocycles. The molecule has 82 valence electrons. The van der Waals surface area contributed by atoms with Crippen LogP contribution in [0.15, 0.2) is 24.3 Å². The second-order valence-corrected chi connectivity index (χ2v) is 4.28. The molecule has 1 saturated heterocycles. The highest BCUT2D eigenvalue weighted by Gasteiger charge is 2.25. The van der Waals surface area contributed by atoms with Crippen LogP contribution in [0.5, 0.6) is 5.75 Å². The average molecular weight is 205 g/mol. The van der Waals surface area contributed by atoms with Crippen LogP contribution in [0.3, 0.4) is 0 Å². The van der Waals surface area contributed by atoms with Crippen LogP contribution in [0, 0.1) is 5.92 Å². The van der Waals surface area contributed by atoms with Gasteiger partial charge in [-0.05, 0) is 12.0 Å². The molecule has 0 amide bonds. The van der Waals surface area contributed by atoms with Gasteiger partial charge >= 0.3 is 0 Å². The van der Waals surface area contributed by atoms with Crippen molar-refractivity contribution in [3.05, 3.63) is 29.8 Å². The number of para-hydroxylation sites is 1. The van der Waals surface area contributed by atoms with Crippen LogP contribution in [0.2, 0.25) is 0 Å². The van der Waals surface area contributed by atoms with Crippen LogP contribution in [0.25, 0.3) is 0 Å². The first-order valence-electron chi connectivity index (χ1n) is 5.67. The lowest BCUT2D eigenvalue weighted by Gasteiger charge is -2.39. The minimum Gasteiger partial charge on any atom is -0.496 e. The fourth-order valence-corrected chi connectivity index (χ4v) is 2.14. The molecule has 0 atom stereocenters. The van der Waals surface area contributed by atoms with Crippen LogP contribution in [-0.4, -0.2) is 25.1 Å². The van der Waals surface area contributed by atoms with Gasteiger partial charge in [-0.3, -0.25) is 4.90 Å². The van der Waals surface area contributed by atoms with Gasteiger partial charge in [0.25, 0.3) is 0 Å². The van der Waals surface area contributed by atoms with Crippen molar-refractivity contribution in [3.8, 4) is 5.75 Å². The van der Waals surface area contributed by atoms with Crippen molar-refractivity contribution in [1.82, 2.24) is 4.90 Å². The van der Waals surface area contributed by atoms with E-state index in [0.29, 0.717) is 0 Å². The van der Waals surface area contributed by atoms with Crippen molar-refractivity contribution in [3.63, 3.8) is 0 Å². The summed E-state index contributed by atoms with van der Waals surface area (Å²) in [4.78, 5) is 2.48. The van der Waals surface area contributed by atoms with E-state index in [1.54, 1.807) is 7.11 Å². The third-order valence-electron chi connectivity index (χ3n) is 3.20. The summed E-state index contributed by atoms with van der Waals surface area (Å²) in [6.07, 6.45) is 1.31. The van der Waals surface area contributed by atoms with Crippen molar-refractivity contribution in [1.29, 1.82) is 0 Å². The minimum atomic E-state index is 0.916. The molecular formula is C13H19NO. The molecule has 0 unspecified atom stereocenters. The number of hydrogen-bond acceptors (Lipinski definition) is 2. The molecule has 0 aromatic heterocycles. The molecule has 0 N–H and O–H groups in total. The number of rotatable bonds is 4. The molecule has 2 heteroatoms. The number of likely N-dealkylation sites (tertiary alicyclic amines) is 1. The van der Waals surface area contributed by atoms with E-state index in [-0.39, 0.29) is 0 Å². The van der Waals surface area contributed by atoms with Gasteiger partial charge in [0.1, 0.15) is 5.75 Å². The Morgan fingerprint density at radius 3 is 2.73 bits per heavy atom. The molecule has 0 aliphatic carbocycles. The molecule has 2 rings (SSSR count). The molecule has 1 fully saturated rings. The van der Waals surface area contributed by atoms with E-state index in [4.69, 9.17) is 4.74 Å². The first-order valence-corrected chi connectivity index (χ1v) is 5.67. The van der Waals surface area contributed by atoms with Gasteiger partial charge in [-0.25, -0.2) is 0 Å². The maximum atomic E-state index is 5.34. The van der Waals surface area contributed by atoms with Gasteiger partial charge in [0.2, 0.25) is 0 Å². The zero-order valence-electron chi connectivity index (χ0n) is 9.57. The molecule has 0 radical (unpaired) electrons. The van der Waals surface area contributed by atoms with Gasteiger partial charge < -0.3 is 4.74 Å². The van der Waals surface area contributed by atoms with Crippen LogP contribution in [0.1, 0.15) is 18.9 Å². The number of methoxy groups -OCH3 is 1. The van der Waals surface area contributed by atoms with Gasteiger partial charge in [-0.15, -0.1) is 0 Å². The third-order valence-corrected chi connectivity index (χ3v) is 3.20. The third kappa shape index (κ3) is 2.32. The smallest absolute Gasteiger partial charge is 0.123 e. The minimum absolute atomic E-state index is 0.916. The monoisotopic (exact) mass is 205 g/mol. The van der Waals surface area contributed by atoms with Crippen molar-refractivity contribution in [2.75, 3.05) is 20.2 Å². The number of ether oxygens (including phenoxy) is 1. The molecule has 1 aliphatic heterocycles. The van der Waals surface area contributed by atoms with Crippen LogP contribution < -0.4 is 4.74 Å². The number of benzene rings is 1. The van der Waals surface area contributed by atoms with E-state index in [2.05, 4.69) is 24.0 Å². The summed E-state index contributed by atoms with van der Waals surface area (Å²) in [7, 11) is 1.74. The fourth-order valence-electron chi connectivity index (χ4n) is 2.14. The van der Waals surface area contributed by atoms with Crippen molar-refractivity contribution < 1.29 is 4.74 Å². The maximum absolute atomic E-state index is 5.34. The summed E-state index contributed by atoms with van der Waals surface area (Å²) in [5.41, 5.74) is 1.30. The summed E-state index contributed by atoms with van der Waals surface area (Å²) < 4.78 is 5.34. The van der Waals surface area contributed by atoms with Crippen LogP contribution >= 0.6 is 0 Å². The summed E-state index contributed by atoms with van der Waals surface area (Å²) >= 11 is 0. The van der Waals surface area contributed by atoms with E-state index >= 15 is 0 Å². The van der Waals surface area contributed by atoms with Crippen molar-refractivity contribution >= 4 is 0 Å². The Bertz CT molecular complexity index is 318. The Kier molecular flexibility index (Phi) is 3.27. The van der Waals surface area contributed by atoms with E-state index in [0.717, 1.165) is 18.2 Å². The number of hydrogen-bond donors (Lipinski definition) is 0. The summed E-state index contributed by atoms with van der Waals surface area (Å²) in [6, 6.07) is 8.28. The van der Waals surface area contributed by atoms with E-state index in [1.165, 1.54) is 25.1 Å². The average Bonchev–Trinajstić information content (AvgIpc) is 2.23. The van der Waals surface area contributed by atoms with Gasteiger partial charge in [0, 0.05) is 25.2 Å². The predicted octanol–water partition coefficient (Wildman–Crippen LogP) is 2.54. The quantitative estimate of drug-likeness (QED) is 0.749. The molecular weight excluding hydrogens is 186 g/mol. The Hall–Kier alpha value is -1.02. The molecule has 0 spiro atoms. The molecule has 2 nitrogen and oxygen atoms in total. The van der Waals surface area contributed by atoms with Crippen LogP contribution in [0.4, 0.5) is 0 Å². The van der Waals surface area contributed by atoms with Crippen molar-refractivity contribution in [2.24, 2.45) is 5.92 Å². The lowest BCUT2D eigenvalue weighted by Crippen LogP contribution is -2.45. The van der Waals surface area contributed by atoms with Gasteiger partial charge in [0.05, 0.1) is 7.11 Å². The van der Waals surface area contributed by atoms with E-state index < -0.39 is 0 Å². The SMILES string of the molecule is CCC1CN(Cc2ccccc2OC)C1. The molecule has 0 bridgehead atoms. The van der Waals surface area contributed by atoms with E-state index in [9.17, 15) is 0 Å². The zero-order valence-corrected chi connectivity index (χ0v) is 9.57. The summed E-state index contributed by atoms with van der Waals surface area (Å²) in [5, 5.41) is 0. The summed E-state index contributed by atoms with van der Waals surface area (Å²) in [5.74, 6) is 1.93. The Labute approximate surface area is 91.9 Å². The van der Waals surface area contributed by atoms with Gasteiger partial charge in [0.15, 0.2) is 0 Å². The standard InChI is InChI=1S/C13H19NO/c1-3-11-8-14(9-11)10-12-6-4-5-7-13(12)15-2/h4-7,11H,3,8-10H2,1-2H3. The van der Waals surface area contributed by atoms with Gasteiger partial charge in [-0.2, -0.15) is 0 Å². The lowest BCUT2D eigenvalue weighted by molar-refractivity contribution is 0.0890. The largest absolute Gasteiger partial charge is 0.496 e. The summed E-state index contributed by atoms with van der Waals surface area (Å²) in [6.45, 7) is 5.79. The first kappa shape index (κ1) is 10.5. The topological polar surface area (TPSA) is 12.5 Å².